The molecule has 0 N–H and O–H groups in total. The number of alkyl halides is 6. The van der Waals surface area contributed by atoms with E-state index in [1.165, 1.54) is 36.0 Å². The fourth-order valence-electron chi connectivity index (χ4n) is 4.91. The van der Waals surface area contributed by atoms with Gasteiger partial charge in [0.15, 0.2) is 0 Å². The molecule has 2 saturated heterocycles. The van der Waals surface area contributed by atoms with Crippen molar-refractivity contribution in [3.63, 3.8) is 0 Å². The molecule has 0 radical (unpaired) electrons. The Kier molecular flexibility index (Phi) is 8.86. The number of rotatable bonds is 6. The Balaban J connectivity index is 1.61. The molecule has 0 bridgehead atoms. The van der Waals surface area contributed by atoms with Crippen molar-refractivity contribution < 1.29 is 35.9 Å². The van der Waals surface area contributed by atoms with Crippen LogP contribution in [0.5, 0.6) is 0 Å². The van der Waals surface area contributed by atoms with Gasteiger partial charge in [0.2, 0.25) is 0 Å². The van der Waals surface area contributed by atoms with E-state index in [2.05, 4.69) is 39.7 Å². The summed E-state index contributed by atoms with van der Waals surface area (Å²) in [5, 5.41) is 0. The van der Waals surface area contributed by atoms with E-state index in [0.717, 1.165) is 24.5 Å². The fraction of sp³-hybridized carbons (Fsp3) is 0.720. The van der Waals surface area contributed by atoms with Gasteiger partial charge in [0.1, 0.15) is 0 Å². The van der Waals surface area contributed by atoms with E-state index in [9.17, 15) is 31.1 Å². The molecular formula is C25H35F6N3O2. The zero-order chi connectivity index (χ0) is 26.7. The summed E-state index contributed by atoms with van der Waals surface area (Å²) in [6, 6.07) is 6.40. The van der Waals surface area contributed by atoms with Crippen LogP contribution in [-0.4, -0.2) is 78.0 Å². The highest BCUT2D eigenvalue weighted by Crippen LogP contribution is 2.37. The van der Waals surface area contributed by atoms with E-state index >= 15 is 0 Å². The van der Waals surface area contributed by atoms with Crippen LogP contribution in [0.25, 0.3) is 0 Å². The van der Waals surface area contributed by atoms with Crippen LogP contribution < -0.4 is 0 Å². The SMILES string of the molecule is Cc1ccc(CN(C)C2(C)CCN(C(=O)OC(C(F)(F)F)C(F)(F)F)CC2)c(CN2CCCCC2)c1. The lowest BCUT2D eigenvalue weighted by Crippen LogP contribution is -2.54. The highest BCUT2D eigenvalue weighted by molar-refractivity contribution is 5.68. The number of benzene rings is 1. The van der Waals surface area contributed by atoms with E-state index in [1.807, 2.05) is 14.0 Å². The molecule has 2 fully saturated rings. The molecule has 1 amide bonds. The number of carbonyl (C=O) groups excluding carboxylic acids is 1. The first-order valence-electron chi connectivity index (χ1n) is 12.3. The summed E-state index contributed by atoms with van der Waals surface area (Å²) in [4.78, 5) is 17.7. The maximum absolute atomic E-state index is 12.8. The van der Waals surface area contributed by atoms with E-state index in [4.69, 9.17) is 0 Å². The number of aryl methyl sites for hydroxylation is 1. The zero-order valence-electron chi connectivity index (χ0n) is 21.0. The lowest BCUT2D eigenvalue weighted by atomic mass is 9.87. The van der Waals surface area contributed by atoms with Gasteiger partial charge in [0.25, 0.3) is 6.10 Å². The third kappa shape index (κ3) is 7.27. The molecule has 11 heteroatoms. The topological polar surface area (TPSA) is 36.0 Å². The van der Waals surface area contributed by atoms with Crippen molar-refractivity contribution in [2.75, 3.05) is 33.2 Å². The number of hydrogen-bond acceptors (Lipinski definition) is 4. The average molecular weight is 524 g/mol. The number of hydrogen-bond donors (Lipinski definition) is 0. The maximum atomic E-state index is 12.8. The molecule has 204 valence electrons. The van der Waals surface area contributed by atoms with Crippen molar-refractivity contribution in [3.8, 4) is 0 Å². The Bertz CT molecular complexity index is 877. The van der Waals surface area contributed by atoms with E-state index in [0.29, 0.717) is 19.4 Å². The number of amides is 1. The van der Waals surface area contributed by atoms with Crippen LogP contribution in [0, 0.1) is 6.92 Å². The van der Waals surface area contributed by atoms with Crippen LogP contribution in [0.3, 0.4) is 0 Å². The van der Waals surface area contributed by atoms with Gasteiger partial charge in [-0.15, -0.1) is 0 Å². The van der Waals surface area contributed by atoms with E-state index in [-0.39, 0.29) is 18.6 Å². The van der Waals surface area contributed by atoms with E-state index in [1.54, 1.807) is 0 Å². The molecule has 2 aliphatic heterocycles. The summed E-state index contributed by atoms with van der Waals surface area (Å²) >= 11 is 0. The van der Waals surface area contributed by atoms with Gasteiger partial charge in [-0.25, -0.2) is 4.79 Å². The van der Waals surface area contributed by atoms with Crippen molar-refractivity contribution in [2.24, 2.45) is 0 Å². The first-order chi connectivity index (χ1) is 16.7. The van der Waals surface area contributed by atoms with Gasteiger partial charge in [-0.2, -0.15) is 26.3 Å². The van der Waals surface area contributed by atoms with Crippen LogP contribution in [0.15, 0.2) is 18.2 Å². The minimum atomic E-state index is -5.72. The summed E-state index contributed by atoms with van der Waals surface area (Å²) in [5.74, 6) is 0. The molecule has 0 aliphatic carbocycles. The second-order valence-corrected chi connectivity index (χ2v) is 10.3. The smallest absolute Gasteiger partial charge is 0.426 e. The molecular weight excluding hydrogens is 488 g/mol. The lowest BCUT2D eigenvalue weighted by Gasteiger charge is -2.45. The molecule has 1 aromatic rings. The van der Waals surface area contributed by atoms with Crippen molar-refractivity contribution in [3.05, 3.63) is 34.9 Å². The summed E-state index contributed by atoms with van der Waals surface area (Å²) in [7, 11) is 1.96. The molecule has 0 spiro atoms. The molecule has 5 nitrogen and oxygen atoms in total. The van der Waals surface area contributed by atoms with Crippen molar-refractivity contribution >= 4 is 6.09 Å². The molecule has 0 saturated carbocycles. The van der Waals surface area contributed by atoms with Crippen LogP contribution in [0.4, 0.5) is 31.1 Å². The fourth-order valence-corrected chi connectivity index (χ4v) is 4.91. The second kappa shape index (κ2) is 11.2. The first-order valence-corrected chi connectivity index (χ1v) is 12.3. The molecule has 36 heavy (non-hydrogen) atoms. The van der Waals surface area contributed by atoms with Gasteiger partial charge >= 0.3 is 18.4 Å². The molecule has 1 aromatic carbocycles. The van der Waals surface area contributed by atoms with Crippen LogP contribution in [0.2, 0.25) is 0 Å². The van der Waals surface area contributed by atoms with Gasteiger partial charge in [-0.3, -0.25) is 9.80 Å². The molecule has 2 heterocycles. The summed E-state index contributed by atoms with van der Waals surface area (Å²) in [6.07, 6.45) is -12.7. The second-order valence-electron chi connectivity index (χ2n) is 10.3. The Hall–Kier alpha value is -2.01. The Morgan fingerprint density at radius 3 is 2.14 bits per heavy atom. The number of likely N-dealkylation sites (tertiary alicyclic amines) is 2. The number of ether oxygens (including phenoxy) is 1. The third-order valence-corrected chi connectivity index (χ3v) is 7.45. The normalized spacial score (nSPS) is 19.7. The van der Waals surface area contributed by atoms with Crippen LogP contribution in [-0.2, 0) is 17.8 Å². The minimum Gasteiger partial charge on any atom is -0.426 e. The Morgan fingerprint density at radius 2 is 1.58 bits per heavy atom. The van der Waals surface area contributed by atoms with Crippen molar-refractivity contribution in [1.29, 1.82) is 0 Å². The van der Waals surface area contributed by atoms with Crippen LogP contribution in [0.1, 0.15) is 55.7 Å². The number of carbonyl (C=O) groups is 1. The minimum absolute atomic E-state index is 0.0106. The predicted molar refractivity (Wildman–Crippen MR) is 123 cm³/mol. The third-order valence-electron chi connectivity index (χ3n) is 7.45. The number of halogens is 6. The van der Waals surface area contributed by atoms with Gasteiger partial charge < -0.3 is 9.64 Å². The van der Waals surface area contributed by atoms with Crippen molar-refractivity contribution in [2.45, 2.75) is 83.0 Å². The highest BCUT2D eigenvalue weighted by atomic mass is 19.4. The molecule has 0 unspecified atom stereocenters. The van der Waals surface area contributed by atoms with Gasteiger partial charge in [-0.05, 0) is 70.8 Å². The first kappa shape index (κ1) is 28.6. The molecule has 0 atom stereocenters. The average Bonchev–Trinajstić information content (AvgIpc) is 2.78. The van der Waals surface area contributed by atoms with Gasteiger partial charge in [-0.1, -0.05) is 30.2 Å². The summed E-state index contributed by atoms with van der Waals surface area (Å²) in [6.45, 7) is 7.77. The van der Waals surface area contributed by atoms with Crippen molar-refractivity contribution in [1.82, 2.24) is 14.7 Å². The number of nitrogens with zero attached hydrogens (tertiary/aromatic N) is 3. The lowest BCUT2D eigenvalue weighted by molar-refractivity contribution is -0.308. The summed E-state index contributed by atoms with van der Waals surface area (Å²) < 4.78 is 80.4. The zero-order valence-corrected chi connectivity index (χ0v) is 21.0. The van der Waals surface area contributed by atoms with Crippen LogP contribution >= 0.6 is 0 Å². The Morgan fingerprint density at radius 1 is 1.00 bits per heavy atom. The number of piperidine rings is 2. The summed E-state index contributed by atoms with van der Waals surface area (Å²) in [5.41, 5.74) is 3.26. The maximum Gasteiger partial charge on any atom is 0.434 e. The van der Waals surface area contributed by atoms with Gasteiger partial charge in [0.05, 0.1) is 0 Å². The quantitative estimate of drug-likeness (QED) is 0.436. The van der Waals surface area contributed by atoms with E-state index < -0.39 is 24.5 Å². The van der Waals surface area contributed by atoms with Gasteiger partial charge in [0, 0.05) is 31.7 Å². The molecule has 3 rings (SSSR count). The predicted octanol–water partition coefficient (Wildman–Crippen LogP) is 5.90. The molecule has 0 aromatic heterocycles. The monoisotopic (exact) mass is 523 g/mol. The largest absolute Gasteiger partial charge is 0.434 e. The highest BCUT2D eigenvalue weighted by Gasteiger charge is 2.60. The Labute approximate surface area is 208 Å². The standard InChI is InChI=1S/C25H35F6N3O2/c1-18-7-8-19(20(15-18)17-33-11-5-4-6-12-33)16-32(3)23(2)9-13-34(14-10-23)22(35)36-21(24(26,27)28)25(29,30)31/h7-8,15,21H,4-6,9-14,16-17H2,1-3H3. The molecule has 2 aliphatic rings.